The van der Waals surface area contributed by atoms with Crippen LogP contribution in [0.4, 0.5) is 0 Å². The van der Waals surface area contributed by atoms with E-state index in [0.717, 1.165) is 45.3 Å². The van der Waals surface area contributed by atoms with Gasteiger partial charge in [0.25, 0.3) is 0 Å². The molecule has 0 bridgehead atoms. The minimum absolute atomic E-state index is 0.478. The van der Waals surface area contributed by atoms with Crippen molar-refractivity contribution in [1.82, 2.24) is 4.90 Å². The van der Waals surface area contributed by atoms with Crippen molar-refractivity contribution in [2.75, 3.05) is 13.1 Å². The van der Waals surface area contributed by atoms with Gasteiger partial charge in [-0.25, -0.2) is 0 Å². The van der Waals surface area contributed by atoms with Crippen LogP contribution in [0.15, 0.2) is 18.2 Å². The molecule has 1 N–H and O–H groups in total. The Bertz CT molecular complexity index is 482. The second-order valence-corrected chi connectivity index (χ2v) is 6.61. The molecular formula is C18H27NO2. The number of nitrogens with zero attached hydrogens (tertiary/aromatic N) is 1. The summed E-state index contributed by atoms with van der Waals surface area (Å²) in [4.78, 5) is 14.0. The molecule has 0 amide bonds. The van der Waals surface area contributed by atoms with E-state index in [1.54, 1.807) is 0 Å². The predicted octanol–water partition coefficient (Wildman–Crippen LogP) is 3.77. The van der Waals surface area contributed by atoms with Gasteiger partial charge in [-0.05, 0) is 51.8 Å². The Labute approximate surface area is 128 Å². The Morgan fingerprint density at radius 2 is 1.76 bits per heavy atom. The van der Waals surface area contributed by atoms with Crippen LogP contribution in [0.2, 0.25) is 0 Å². The van der Waals surface area contributed by atoms with Crippen LogP contribution in [-0.4, -0.2) is 29.1 Å². The summed E-state index contributed by atoms with van der Waals surface area (Å²) in [6.07, 6.45) is 3.31. The minimum atomic E-state index is -0.601. The summed E-state index contributed by atoms with van der Waals surface area (Å²) >= 11 is 0. The van der Waals surface area contributed by atoms with E-state index in [2.05, 4.69) is 43.9 Å². The maximum Gasteiger partial charge on any atom is 0.309 e. The van der Waals surface area contributed by atoms with Crippen LogP contribution in [0, 0.1) is 19.3 Å². The summed E-state index contributed by atoms with van der Waals surface area (Å²) in [7, 11) is 0. The van der Waals surface area contributed by atoms with Gasteiger partial charge in [0.15, 0.2) is 0 Å². The topological polar surface area (TPSA) is 40.5 Å². The van der Waals surface area contributed by atoms with Gasteiger partial charge in [0.2, 0.25) is 0 Å². The van der Waals surface area contributed by atoms with Crippen molar-refractivity contribution in [1.29, 1.82) is 0 Å². The van der Waals surface area contributed by atoms with Gasteiger partial charge in [0.05, 0.1) is 5.41 Å². The van der Waals surface area contributed by atoms with Gasteiger partial charge >= 0.3 is 5.97 Å². The summed E-state index contributed by atoms with van der Waals surface area (Å²) in [6.45, 7) is 9.04. The molecule has 1 aromatic carbocycles. The van der Waals surface area contributed by atoms with Crippen LogP contribution in [0.1, 0.15) is 49.3 Å². The molecule has 0 saturated carbocycles. The molecule has 0 radical (unpaired) electrons. The SMILES string of the molecule is CCCC1(C(=O)O)CCN(Cc2cc(C)cc(C)c2)CC1. The van der Waals surface area contributed by atoms with Gasteiger partial charge in [-0.1, -0.05) is 42.7 Å². The Kier molecular flexibility index (Phi) is 5.04. The molecule has 0 aliphatic carbocycles. The fraction of sp³-hybridized carbons (Fsp3) is 0.611. The molecule has 116 valence electrons. The van der Waals surface area contributed by atoms with Crippen LogP contribution in [0.5, 0.6) is 0 Å². The third-order valence-electron chi connectivity index (χ3n) is 4.68. The first-order valence-electron chi connectivity index (χ1n) is 7.98. The molecule has 1 saturated heterocycles. The number of carbonyl (C=O) groups is 1. The maximum atomic E-state index is 11.6. The molecule has 0 spiro atoms. The lowest BCUT2D eigenvalue weighted by Crippen LogP contribution is -2.44. The average Bonchev–Trinajstić information content (AvgIpc) is 2.40. The highest BCUT2D eigenvalue weighted by atomic mass is 16.4. The van der Waals surface area contributed by atoms with Gasteiger partial charge in [-0.3, -0.25) is 9.69 Å². The summed E-state index contributed by atoms with van der Waals surface area (Å²) in [5.41, 5.74) is 3.46. The van der Waals surface area contributed by atoms with Crippen molar-refractivity contribution >= 4 is 5.97 Å². The van der Waals surface area contributed by atoms with Gasteiger partial charge in [0, 0.05) is 6.54 Å². The largest absolute Gasteiger partial charge is 0.481 e. The van der Waals surface area contributed by atoms with E-state index < -0.39 is 11.4 Å². The first-order chi connectivity index (χ1) is 9.95. The number of likely N-dealkylation sites (tertiary alicyclic amines) is 1. The van der Waals surface area contributed by atoms with Crippen LogP contribution in [0.3, 0.4) is 0 Å². The first kappa shape index (κ1) is 16.0. The molecular weight excluding hydrogens is 262 g/mol. The molecule has 3 heteroatoms. The molecule has 1 aliphatic rings. The number of hydrogen-bond acceptors (Lipinski definition) is 2. The number of carboxylic acids is 1. The lowest BCUT2D eigenvalue weighted by atomic mass is 9.75. The normalized spacial score (nSPS) is 18.6. The van der Waals surface area contributed by atoms with Crippen LogP contribution < -0.4 is 0 Å². The number of aliphatic carboxylic acids is 1. The molecule has 21 heavy (non-hydrogen) atoms. The van der Waals surface area contributed by atoms with Crippen LogP contribution in [-0.2, 0) is 11.3 Å². The standard InChI is InChI=1S/C18H27NO2/c1-4-5-18(17(20)21)6-8-19(9-7-18)13-16-11-14(2)10-15(3)12-16/h10-12H,4-9,13H2,1-3H3,(H,20,21). The zero-order valence-corrected chi connectivity index (χ0v) is 13.5. The van der Waals surface area contributed by atoms with Crippen molar-refractivity contribution in [3.8, 4) is 0 Å². The summed E-state index contributed by atoms with van der Waals surface area (Å²) in [5.74, 6) is -0.601. The lowest BCUT2D eigenvalue weighted by molar-refractivity contribution is -0.152. The first-order valence-corrected chi connectivity index (χ1v) is 7.98. The summed E-state index contributed by atoms with van der Waals surface area (Å²) in [6, 6.07) is 6.66. The third kappa shape index (κ3) is 3.85. The number of hydrogen-bond donors (Lipinski definition) is 1. The van der Waals surface area contributed by atoms with Gasteiger partial charge in [-0.2, -0.15) is 0 Å². The van der Waals surface area contributed by atoms with Crippen molar-refractivity contribution in [2.24, 2.45) is 5.41 Å². The maximum absolute atomic E-state index is 11.6. The highest BCUT2D eigenvalue weighted by Gasteiger charge is 2.40. The predicted molar refractivity (Wildman–Crippen MR) is 85.4 cm³/mol. The van der Waals surface area contributed by atoms with Gasteiger partial charge < -0.3 is 5.11 Å². The van der Waals surface area contributed by atoms with E-state index in [-0.39, 0.29) is 0 Å². The van der Waals surface area contributed by atoms with Crippen molar-refractivity contribution in [3.63, 3.8) is 0 Å². The lowest BCUT2D eigenvalue weighted by Gasteiger charge is -2.39. The molecule has 1 fully saturated rings. The molecule has 0 unspecified atom stereocenters. The zero-order chi connectivity index (χ0) is 15.5. The number of rotatable bonds is 5. The Balaban J connectivity index is 1.99. The van der Waals surface area contributed by atoms with Crippen molar-refractivity contribution in [3.05, 3.63) is 34.9 Å². The smallest absolute Gasteiger partial charge is 0.309 e. The molecule has 1 heterocycles. The molecule has 0 atom stereocenters. The fourth-order valence-corrected chi connectivity index (χ4v) is 3.61. The van der Waals surface area contributed by atoms with Crippen molar-refractivity contribution < 1.29 is 9.90 Å². The Hall–Kier alpha value is -1.35. The average molecular weight is 289 g/mol. The molecule has 2 rings (SSSR count). The van der Waals surface area contributed by atoms with E-state index in [1.165, 1.54) is 16.7 Å². The van der Waals surface area contributed by atoms with Crippen LogP contribution in [0.25, 0.3) is 0 Å². The molecule has 0 aromatic heterocycles. The van der Waals surface area contributed by atoms with Gasteiger partial charge in [0.1, 0.15) is 0 Å². The molecule has 3 nitrogen and oxygen atoms in total. The number of carboxylic acid groups (broad SMARTS) is 1. The Morgan fingerprint density at radius 1 is 1.19 bits per heavy atom. The monoisotopic (exact) mass is 289 g/mol. The number of piperidine rings is 1. The van der Waals surface area contributed by atoms with Crippen molar-refractivity contribution in [2.45, 2.75) is 53.0 Å². The van der Waals surface area contributed by atoms with E-state index in [1.807, 2.05) is 0 Å². The highest BCUT2D eigenvalue weighted by molar-refractivity contribution is 5.74. The summed E-state index contributed by atoms with van der Waals surface area (Å²) < 4.78 is 0. The van der Waals surface area contributed by atoms with Crippen LogP contribution >= 0.6 is 0 Å². The minimum Gasteiger partial charge on any atom is -0.481 e. The Morgan fingerprint density at radius 3 is 2.24 bits per heavy atom. The third-order valence-corrected chi connectivity index (χ3v) is 4.68. The number of aryl methyl sites for hydroxylation is 2. The number of benzene rings is 1. The quantitative estimate of drug-likeness (QED) is 0.897. The van der Waals surface area contributed by atoms with Gasteiger partial charge in [-0.15, -0.1) is 0 Å². The molecule has 1 aromatic rings. The molecule has 1 aliphatic heterocycles. The van der Waals surface area contributed by atoms with E-state index in [0.29, 0.717) is 0 Å². The highest BCUT2D eigenvalue weighted by Crippen LogP contribution is 2.36. The van der Waals surface area contributed by atoms with E-state index in [4.69, 9.17) is 0 Å². The second kappa shape index (κ2) is 6.61. The van der Waals surface area contributed by atoms with E-state index in [9.17, 15) is 9.90 Å². The van der Waals surface area contributed by atoms with E-state index >= 15 is 0 Å². The second-order valence-electron chi connectivity index (χ2n) is 6.61. The zero-order valence-electron chi connectivity index (χ0n) is 13.5. The fourth-order valence-electron chi connectivity index (χ4n) is 3.61. The summed E-state index contributed by atoms with van der Waals surface area (Å²) in [5, 5.41) is 9.55.